The van der Waals surface area contributed by atoms with Gasteiger partial charge in [-0.25, -0.2) is 0 Å². The minimum absolute atomic E-state index is 0.0862. The molecule has 1 aliphatic rings. The van der Waals surface area contributed by atoms with Crippen LogP contribution in [0.3, 0.4) is 0 Å². The van der Waals surface area contributed by atoms with E-state index in [9.17, 15) is 14.7 Å². The molecule has 2 aromatic rings. The molecule has 0 radical (unpaired) electrons. The predicted molar refractivity (Wildman–Crippen MR) is 92.4 cm³/mol. The summed E-state index contributed by atoms with van der Waals surface area (Å²) >= 11 is 5.85. The topological polar surface area (TPSA) is 82.2 Å². The van der Waals surface area contributed by atoms with Gasteiger partial charge in [-0.2, -0.15) is 0 Å². The standard InChI is InChI=1S/C18H19ClN2O3/c19-13-7-5-11(6-8-13)16(10-22)21-18(24)14-9-12-3-1-2-4-15(12)20-17(14)23/h5-9,16,22H,1-4,10H2,(H,20,23)(H,21,24). The molecule has 0 saturated heterocycles. The van der Waals surface area contributed by atoms with Gasteiger partial charge in [0.25, 0.3) is 11.5 Å². The second kappa shape index (κ2) is 7.20. The van der Waals surface area contributed by atoms with Gasteiger partial charge in [0, 0.05) is 10.7 Å². The number of carbonyl (C=O) groups is 1. The molecule has 3 rings (SSSR count). The molecule has 1 aromatic heterocycles. The van der Waals surface area contributed by atoms with Crippen molar-refractivity contribution in [3.8, 4) is 0 Å². The van der Waals surface area contributed by atoms with E-state index in [0.29, 0.717) is 5.02 Å². The number of benzene rings is 1. The second-order valence-corrected chi connectivity index (χ2v) is 6.42. The van der Waals surface area contributed by atoms with Gasteiger partial charge in [-0.15, -0.1) is 0 Å². The van der Waals surface area contributed by atoms with E-state index in [1.807, 2.05) is 0 Å². The van der Waals surface area contributed by atoms with Crippen LogP contribution < -0.4 is 10.9 Å². The van der Waals surface area contributed by atoms with E-state index in [4.69, 9.17) is 11.6 Å². The van der Waals surface area contributed by atoms with Crippen LogP contribution in [0.5, 0.6) is 0 Å². The highest BCUT2D eigenvalue weighted by Gasteiger charge is 2.20. The molecule has 3 N–H and O–H groups in total. The number of carbonyl (C=O) groups excluding carboxylic acids is 1. The number of fused-ring (bicyclic) bond motifs is 1. The number of halogens is 1. The van der Waals surface area contributed by atoms with Crippen molar-refractivity contribution in [3.05, 3.63) is 68.1 Å². The number of hydrogen-bond acceptors (Lipinski definition) is 3. The summed E-state index contributed by atoms with van der Waals surface area (Å²) in [5.41, 5.74) is 2.38. The highest BCUT2D eigenvalue weighted by atomic mass is 35.5. The van der Waals surface area contributed by atoms with Gasteiger partial charge in [0.1, 0.15) is 5.56 Å². The fourth-order valence-electron chi connectivity index (χ4n) is 3.01. The molecule has 1 atom stereocenters. The van der Waals surface area contributed by atoms with E-state index < -0.39 is 11.9 Å². The van der Waals surface area contributed by atoms with Crippen LogP contribution in [0, 0.1) is 0 Å². The molecule has 5 nitrogen and oxygen atoms in total. The maximum atomic E-state index is 12.5. The van der Waals surface area contributed by atoms with Gasteiger partial charge in [0.05, 0.1) is 12.6 Å². The summed E-state index contributed by atoms with van der Waals surface area (Å²) in [5, 5.41) is 12.9. The van der Waals surface area contributed by atoms with E-state index in [1.54, 1.807) is 30.3 Å². The third-order valence-corrected chi connectivity index (χ3v) is 4.59. The molecule has 0 spiro atoms. The van der Waals surface area contributed by atoms with Gasteiger partial charge < -0.3 is 15.4 Å². The third kappa shape index (κ3) is 3.52. The zero-order valence-corrected chi connectivity index (χ0v) is 13.9. The number of pyridine rings is 1. The van der Waals surface area contributed by atoms with Crippen molar-refractivity contribution in [2.75, 3.05) is 6.61 Å². The van der Waals surface area contributed by atoms with Gasteiger partial charge >= 0.3 is 0 Å². The third-order valence-electron chi connectivity index (χ3n) is 4.34. The number of aliphatic hydroxyl groups is 1. The summed E-state index contributed by atoms with van der Waals surface area (Å²) in [6.45, 7) is -0.268. The van der Waals surface area contributed by atoms with Crippen LogP contribution in [0.4, 0.5) is 0 Å². The summed E-state index contributed by atoms with van der Waals surface area (Å²) in [6.07, 6.45) is 3.82. The summed E-state index contributed by atoms with van der Waals surface area (Å²) in [4.78, 5) is 27.5. The van der Waals surface area contributed by atoms with Crippen LogP contribution in [0.25, 0.3) is 0 Å². The molecular weight excluding hydrogens is 328 g/mol. The number of aliphatic hydroxyl groups excluding tert-OH is 1. The second-order valence-electron chi connectivity index (χ2n) is 5.98. The maximum absolute atomic E-state index is 12.5. The quantitative estimate of drug-likeness (QED) is 0.794. The molecule has 1 aromatic carbocycles. The highest BCUT2D eigenvalue weighted by molar-refractivity contribution is 6.30. The molecule has 126 valence electrons. The van der Waals surface area contributed by atoms with Gasteiger partial charge in [-0.1, -0.05) is 23.7 Å². The smallest absolute Gasteiger partial charge is 0.261 e. The van der Waals surface area contributed by atoms with Crippen LogP contribution in [0.2, 0.25) is 5.02 Å². The molecular formula is C18H19ClN2O3. The Labute approximate surface area is 144 Å². The van der Waals surface area contributed by atoms with Crippen molar-refractivity contribution < 1.29 is 9.90 Å². The molecule has 6 heteroatoms. The molecule has 0 aliphatic heterocycles. The van der Waals surface area contributed by atoms with E-state index >= 15 is 0 Å². The Balaban J connectivity index is 1.83. The SMILES string of the molecule is O=C(NC(CO)c1ccc(Cl)cc1)c1cc2c([nH]c1=O)CCCC2. The van der Waals surface area contributed by atoms with Crippen LogP contribution >= 0.6 is 11.6 Å². The highest BCUT2D eigenvalue weighted by Crippen LogP contribution is 2.20. The Morgan fingerprint density at radius 2 is 1.96 bits per heavy atom. The molecule has 1 unspecified atom stereocenters. The van der Waals surface area contributed by atoms with Gasteiger partial charge in [0.2, 0.25) is 0 Å². The number of aryl methyl sites for hydroxylation is 2. The summed E-state index contributed by atoms with van der Waals surface area (Å²) in [6, 6.07) is 7.94. The first kappa shape index (κ1) is 16.7. The van der Waals surface area contributed by atoms with Crippen LogP contribution in [-0.2, 0) is 12.8 Å². The van der Waals surface area contributed by atoms with Crippen LogP contribution in [0.15, 0.2) is 35.1 Å². The first-order chi connectivity index (χ1) is 11.6. The van der Waals surface area contributed by atoms with Gasteiger partial charge in [0.15, 0.2) is 0 Å². The lowest BCUT2D eigenvalue weighted by molar-refractivity contribution is 0.0914. The number of aromatic nitrogens is 1. The van der Waals surface area contributed by atoms with Crippen molar-refractivity contribution in [2.45, 2.75) is 31.7 Å². The number of aromatic amines is 1. The van der Waals surface area contributed by atoms with Crippen molar-refractivity contribution in [3.63, 3.8) is 0 Å². The lowest BCUT2D eigenvalue weighted by atomic mass is 9.95. The molecule has 1 aliphatic carbocycles. The van der Waals surface area contributed by atoms with E-state index in [0.717, 1.165) is 42.5 Å². The fourth-order valence-corrected chi connectivity index (χ4v) is 3.14. The summed E-state index contributed by atoms with van der Waals surface area (Å²) in [7, 11) is 0. The van der Waals surface area contributed by atoms with Crippen molar-refractivity contribution in [1.82, 2.24) is 10.3 Å². The Morgan fingerprint density at radius 1 is 1.25 bits per heavy atom. The Morgan fingerprint density at radius 3 is 2.67 bits per heavy atom. The lowest BCUT2D eigenvalue weighted by Gasteiger charge is -2.19. The molecule has 0 bridgehead atoms. The Bertz CT molecular complexity index is 799. The largest absolute Gasteiger partial charge is 0.394 e. The minimum atomic E-state index is -0.592. The molecule has 24 heavy (non-hydrogen) atoms. The van der Waals surface area contributed by atoms with E-state index in [2.05, 4.69) is 10.3 Å². The average Bonchev–Trinajstić information content (AvgIpc) is 2.59. The molecule has 1 amide bonds. The molecule has 0 fully saturated rings. The number of H-pyrrole nitrogens is 1. The molecule has 1 heterocycles. The Hall–Kier alpha value is -2.11. The number of hydrogen-bond donors (Lipinski definition) is 3. The fraction of sp³-hybridized carbons (Fsp3) is 0.333. The van der Waals surface area contributed by atoms with E-state index in [1.165, 1.54) is 0 Å². The minimum Gasteiger partial charge on any atom is -0.394 e. The zero-order valence-electron chi connectivity index (χ0n) is 13.1. The first-order valence-corrected chi connectivity index (χ1v) is 8.38. The zero-order chi connectivity index (χ0) is 17.1. The van der Waals surface area contributed by atoms with Gasteiger partial charge in [-0.3, -0.25) is 9.59 Å². The normalized spacial score (nSPS) is 14.8. The lowest BCUT2D eigenvalue weighted by Crippen LogP contribution is -2.35. The van der Waals surface area contributed by atoms with Gasteiger partial charge in [-0.05, 0) is 55.0 Å². The average molecular weight is 347 g/mol. The number of rotatable bonds is 4. The van der Waals surface area contributed by atoms with Crippen molar-refractivity contribution in [1.29, 1.82) is 0 Å². The summed E-state index contributed by atoms with van der Waals surface area (Å²) < 4.78 is 0. The van der Waals surface area contributed by atoms with Crippen LogP contribution in [0.1, 0.15) is 46.1 Å². The Kier molecular flexibility index (Phi) is 5.02. The predicted octanol–water partition coefficient (Wildman–Crippen LogP) is 2.37. The maximum Gasteiger partial charge on any atom is 0.261 e. The van der Waals surface area contributed by atoms with E-state index in [-0.39, 0.29) is 17.7 Å². The number of amides is 1. The number of nitrogens with one attached hydrogen (secondary N) is 2. The van der Waals surface area contributed by atoms with Crippen LogP contribution in [-0.4, -0.2) is 22.6 Å². The van der Waals surface area contributed by atoms with Crippen molar-refractivity contribution in [2.24, 2.45) is 0 Å². The summed E-state index contributed by atoms with van der Waals surface area (Å²) in [5.74, 6) is -0.487. The monoisotopic (exact) mass is 346 g/mol. The van der Waals surface area contributed by atoms with Crippen molar-refractivity contribution >= 4 is 17.5 Å². The first-order valence-electron chi connectivity index (χ1n) is 8.00. The molecule has 0 saturated carbocycles.